The van der Waals surface area contributed by atoms with Gasteiger partial charge in [0.05, 0.1) is 24.5 Å². The monoisotopic (exact) mass is 305 g/mol. The quantitative estimate of drug-likeness (QED) is 0.850. The average molecular weight is 305 g/mol. The minimum Gasteiger partial charge on any atom is -0.492 e. The molecule has 0 spiro atoms. The molecule has 0 aliphatic heterocycles. The fourth-order valence-corrected chi connectivity index (χ4v) is 1.44. The van der Waals surface area contributed by atoms with Gasteiger partial charge in [0.15, 0.2) is 0 Å². The number of rotatable bonds is 5. The Hall–Kier alpha value is -2.25. The molecule has 1 N–H and O–H groups in total. The van der Waals surface area contributed by atoms with Crippen LogP contribution < -0.4 is 10.1 Å². The fourth-order valence-electron chi connectivity index (χ4n) is 1.44. The van der Waals surface area contributed by atoms with Crippen LogP contribution in [0, 0.1) is 0 Å². The third-order valence-corrected chi connectivity index (χ3v) is 2.30. The third-order valence-electron chi connectivity index (χ3n) is 2.30. The SMILES string of the molecule is CCOC(=O)c1ccc(NC(=O)C(F)(F)F)c(OCC)c1. The maximum Gasteiger partial charge on any atom is 0.471 e. The average Bonchev–Trinajstić information content (AvgIpc) is 2.40. The standard InChI is InChI=1S/C13H14F3NO4/c1-3-20-10-7-8(11(18)21-4-2)5-6-9(10)17-12(19)13(14,15)16/h5-7H,3-4H2,1-2H3,(H,17,19). The number of nitrogens with one attached hydrogen (secondary N) is 1. The van der Waals surface area contributed by atoms with Crippen molar-refractivity contribution in [3.05, 3.63) is 23.8 Å². The van der Waals surface area contributed by atoms with E-state index < -0.39 is 18.1 Å². The van der Waals surface area contributed by atoms with Crippen molar-refractivity contribution in [3.8, 4) is 5.75 Å². The lowest BCUT2D eigenvalue weighted by molar-refractivity contribution is -0.167. The number of carbonyl (C=O) groups is 2. The molecule has 8 heteroatoms. The number of esters is 1. The molecule has 0 radical (unpaired) electrons. The van der Waals surface area contributed by atoms with E-state index in [0.29, 0.717) is 0 Å². The van der Waals surface area contributed by atoms with Crippen molar-refractivity contribution in [3.63, 3.8) is 0 Å². The topological polar surface area (TPSA) is 64.6 Å². The highest BCUT2D eigenvalue weighted by Gasteiger charge is 2.39. The van der Waals surface area contributed by atoms with Gasteiger partial charge in [0, 0.05) is 0 Å². The first kappa shape index (κ1) is 16.8. The first-order chi connectivity index (χ1) is 9.79. The highest BCUT2D eigenvalue weighted by molar-refractivity contribution is 5.97. The van der Waals surface area contributed by atoms with Crippen molar-refractivity contribution in [2.45, 2.75) is 20.0 Å². The Morgan fingerprint density at radius 3 is 2.38 bits per heavy atom. The molecule has 0 saturated carbocycles. The number of halogens is 3. The summed E-state index contributed by atoms with van der Waals surface area (Å²) in [5, 5.41) is 1.69. The molecule has 116 valence electrons. The number of alkyl halides is 3. The Morgan fingerprint density at radius 1 is 1.19 bits per heavy atom. The van der Waals surface area contributed by atoms with Gasteiger partial charge in [0.1, 0.15) is 5.75 Å². The maximum atomic E-state index is 12.2. The minimum absolute atomic E-state index is 0.0411. The largest absolute Gasteiger partial charge is 0.492 e. The molecule has 0 fully saturated rings. The van der Waals surface area contributed by atoms with Gasteiger partial charge >= 0.3 is 18.1 Å². The molecule has 1 aromatic rings. The summed E-state index contributed by atoms with van der Waals surface area (Å²) in [4.78, 5) is 22.5. The zero-order chi connectivity index (χ0) is 16.0. The van der Waals surface area contributed by atoms with Crippen LogP contribution in [0.2, 0.25) is 0 Å². The van der Waals surface area contributed by atoms with Crippen molar-refractivity contribution in [2.24, 2.45) is 0 Å². The van der Waals surface area contributed by atoms with Gasteiger partial charge in [0.2, 0.25) is 0 Å². The Morgan fingerprint density at radius 2 is 1.86 bits per heavy atom. The van der Waals surface area contributed by atoms with Crippen molar-refractivity contribution >= 4 is 17.6 Å². The molecular weight excluding hydrogens is 291 g/mol. The predicted octanol–water partition coefficient (Wildman–Crippen LogP) is 2.76. The van der Waals surface area contributed by atoms with E-state index in [9.17, 15) is 22.8 Å². The number of anilines is 1. The Labute approximate surface area is 119 Å². The number of ether oxygens (including phenoxy) is 2. The lowest BCUT2D eigenvalue weighted by Gasteiger charge is -2.13. The molecule has 0 bridgehead atoms. The first-order valence-corrected chi connectivity index (χ1v) is 6.11. The van der Waals surface area contributed by atoms with Gasteiger partial charge in [-0.15, -0.1) is 0 Å². The summed E-state index contributed by atoms with van der Waals surface area (Å²) in [5.41, 5.74) is -0.0578. The summed E-state index contributed by atoms with van der Waals surface area (Å²) < 4.78 is 46.6. The van der Waals surface area contributed by atoms with Crippen LogP contribution in [0.25, 0.3) is 0 Å². The second-order valence-electron chi connectivity index (χ2n) is 3.82. The summed E-state index contributed by atoms with van der Waals surface area (Å²) >= 11 is 0. The van der Waals surface area contributed by atoms with E-state index in [1.807, 2.05) is 0 Å². The number of hydrogen-bond donors (Lipinski definition) is 1. The van der Waals surface area contributed by atoms with Crippen LogP contribution in [0.4, 0.5) is 18.9 Å². The van der Waals surface area contributed by atoms with Crippen LogP contribution in [0.15, 0.2) is 18.2 Å². The third kappa shape index (κ3) is 4.66. The van der Waals surface area contributed by atoms with Gasteiger partial charge in [-0.3, -0.25) is 4.79 Å². The molecule has 5 nitrogen and oxygen atoms in total. The van der Waals surface area contributed by atoms with Crippen molar-refractivity contribution in [1.29, 1.82) is 0 Å². The van der Waals surface area contributed by atoms with Gasteiger partial charge < -0.3 is 14.8 Å². The molecule has 1 rings (SSSR count). The number of carbonyl (C=O) groups excluding carboxylic acids is 2. The molecular formula is C13H14F3NO4. The van der Waals surface area contributed by atoms with E-state index in [2.05, 4.69) is 0 Å². The van der Waals surface area contributed by atoms with Crippen molar-refractivity contribution in [1.82, 2.24) is 0 Å². The van der Waals surface area contributed by atoms with E-state index in [0.717, 1.165) is 6.07 Å². The molecule has 1 amide bonds. The van der Waals surface area contributed by atoms with Gasteiger partial charge in [-0.25, -0.2) is 4.79 Å². The Bertz CT molecular complexity index is 529. The molecule has 0 heterocycles. The molecule has 0 atom stereocenters. The zero-order valence-corrected chi connectivity index (χ0v) is 11.4. The van der Waals surface area contributed by atoms with Crippen molar-refractivity contribution < 1.29 is 32.2 Å². The lowest BCUT2D eigenvalue weighted by atomic mass is 10.2. The molecule has 0 aliphatic rings. The van der Waals surface area contributed by atoms with Crippen LogP contribution in [0.3, 0.4) is 0 Å². The van der Waals surface area contributed by atoms with Crippen LogP contribution in [-0.4, -0.2) is 31.3 Å². The first-order valence-electron chi connectivity index (χ1n) is 6.11. The lowest BCUT2D eigenvalue weighted by Crippen LogP contribution is -2.30. The highest BCUT2D eigenvalue weighted by atomic mass is 19.4. The van der Waals surface area contributed by atoms with Crippen molar-refractivity contribution in [2.75, 3.05) is 18.5 Å². The Kier molecular flexibility index (Phi) is 5.57. The van der Waals surface area contributed by atoms with E-state index in [1.54, 1.807) is 19.2 Å². The van der Waals surface area contributed by atoms with E-state index in [1.165, 1.54) is 12.1 Å². The van der Waals surface area contributed by atoms with E-state index >= 15 is 0 Å². The van der Waals surface area contributed by atoms with Crippen LogP contribution in [-0.2, 0) is 9.53 Å². The van der Waals surface area contributed by atoms with Gasteiger partial charge in [-0.1, -0.05) is 0 Å². The highest BCUT2D eigenvalue weighted by Crippen LogP contribution is 2.28. The van der Waals surface area contributed by atoms with Gasteiger partial charge in [-0.05, 0) is 32.0 Å². The molecule has 1 aromatic carbocycles. The number of benzene rings is 1. The smallest absolute Gasteiger partial charge is 0.471 e. The van der Waals surface area contributed by atoms with Crippen LogP contribution in [0.1, 0.15) is 24.2 Å². The molecule has 0 saturated heterocycles. The summed E-state index contributed by atoms with van der Waals surface area (Å²) in [5.74, 6) is -2.79. The van der Waals surface area contributed by atoms with E-state index in [4.69, 9.17) is 9.47 Å². The molecule has 0 aromatic heterocycles. The predicted molar refractivity (Wildman–Crippen MR) is 68.3 cm³/mol. The number of amides is 1. The van der Waals surface area contributed by atoms with Gasteiger partial charge in [0.25, 0.3) is 0 Å². The zero-order valence-electron chi connectivity index (χ0n) is 11.4. The second-order valence-corrected chi connectivity index (χ2v) is 3.82. The minimum atomic E-state index is -5.01. The van der Waals surface area contributed by atoms with Gasteiger partial charge in [-0.2, -0.15) is 13.2 Å². The molecule has 0 unspecified atom stereocenters. The van der Waals surface area contributed by atoms with E-state index in [-0.39, 0.29) is 30.2 Å². The molecule has 0 aliphatic carbocycles. The van der Waals surface area contributed by atoms with Crippen LogP contribution >= 0.6 is 0 Å². The molecule has 21 heavy (non-hydrogen) atoms. The Balaban J connectivity index is 3.04. The number of hydrogen-bond acceptors (Lipinski definition) is 4. The second kappa shape index (κ2) is 6.96. The summed E-state index contributed by atoms with van der Waals surface area (Å²) in [6.07, 6.45) is -5.01. The maximum absolute atomic E-state index is 12.2. The fraction of sp³-hybridized carbons (Fsp3) is 0.385. The normalized spacial score (nSPS) is 10.9. The summed E-state index contributed by atoms with van der Waals surface area (Å²) in [7, 11) is 0. The summed E-state index contributed by atoms with van der Waals surface area (Å²) in [6.45, 7) is 3.56. The summed E-state index contributed by atoms with van der Waals surface area (Å²) in [6, 6.07) is 3.61. The van der Waals surface area contributed by atoms with Crippen LogP contribution in [0.5, 0.6) is 5.75 Å².